The van der Waals surface area contributed by atoms with Gasteiger partial charge in [0.15, 0.2) is 0 Å². The molecule has 0 heterocycles. The second kappa shape index (κ2) is 4.87. The van der Waals surface area contributed by atoms with Gasteiger partial charge in [-0.05, 0) is 49.9 Å². The van der Waals surface area contributed by atoms with Gasteiger partial charge in [-0.1, -0.05) is 20.3 Å². The Kier molecular flexibility index (Phi) is 3.64. The zero-order valence-electron chi connectivity index (χ0n) is 11.2. The third-order valence-corrected chi connectivity index (χ3v) is 4.49. The van der Waals surface area contributed by atoms with Gasteiger partial charge in [-0.3, -0.25) is 0 Å². The van der Waals surface area contributed by atoms with Crippen molar-refractivity contribution in [2.75, 3.05) is 7.11 Å². The van der Waals surface area contributed by atoms with E-state index in [9.17, 15) is 4.79 Å². The number of rotatable bonds is 2. The number of fused-ring (bicyclic) bond motifs is 2. The van der Waals surface area contributed by atoms with E-state index in [0.717, 1.165) is 25.2 Å². The Morgan fingerprint density at radius 3 is 2.71 bits per heavy atom. The average Bonchev–Trinajstić information content (AvgIpc) is 2.26. The fourth-order valence-corrected chi connectivity index (χ4v) is 4.06. The first-order valence-electron chi connectivity index (χ1n) is 6.84. The van der Waals surface area contributed by atoms with E-state index in [4.69, 9.17) is 4.74 Å². The Morgan fingerprint density at radius 2 is 2.06 bits per heavy atom. The van der Waals surface area contributed by atoms with Gasteiger partial charge in [0.1, 0.15) is 5.60 Å². The van der Waals surface area contributed by atoms with Crippen molar-refractivity contribution < 1.29 is 14.3 Å². The molecule has 0 amide bonds. The lowest BCUT2D eigenvalue weighted by molar-refractivity contribution is -0.107. The molecule has 2 saturated carbocycles. The standard InChI is InChI=1S/C14H24O3/c1-4-11-6-12-5-10(2)7-14(8-11,9-12)17-13(15)16-3/h10-12H,4-9H2,1-3H3. The van der Waals surface area contributed by atoms with E-state index >= 15 is 0 Å². The molecule has 0 N–H and O–H groups in total. The summed E-state index contributed by atoms with van der Waals surface area (Å²) in [6, 6.07) is 0. The highest BCUT2D eigenvalue weighted by molar-refractivity contribution is 5.60. The maximum atomic E-state index is 11.4. The van der Waals surface area contributed by atoms with Gasteiger partial charge >= 0.3 is 6.16 Å². The van der Waals surface area contributed by atoms with Crippen LogP contribution in [0.2, 0.25) is 0 Å². The predicted octanol–water partition coefficient (Wildman–Crippen LogP) is 3.76. The molecular formula is C14H24O3. The zero-order valence-corrected chi connectivity index (χ0v) is 11.2. The molecule has 2 aliphatic carbocycles. The summed E-state index contributed by atoms with van der Waals surface area (Å²) in [5, 5.41) is 0. The molecule has 2 bridgehead atoms. The molecule has 98 valence electrons. The molecule has 2 aliphatic rings. The number of hydrogen-bond acceptors (Lipinski definition) is 3. The molecule has 0 aromatic heterocycles. The lowest BCUT2D eigenvalue weighted by Crippen LogP contribution is -2.48. The Hall–Kier alpha value is -0.730. The summed E-state index contributed by atoms with van der Waals surface area (Å²) < 4.78 is 10.3. The van der Waals surface area contributed by atoms with E-state index in [-0.39, 0.29) is 5.60 Å². The predicted molar refractivity (Wildman–Crippen MR) is 65.7 cm³/mol. The topological polar surface area (TPSA) is 35.5 Å². The molecule has 4 unspecified atom stereocenters. The van der Waals surface area contributed by atoms with E-state index in [1.54, 1.807) is 0 Å². The first-order valence-corrected chi connectivity index (χ1v) is 6.84. The first-order chi connectivity index (χ1) is 8.07. The fourth-order valence-electron chi connectivity index (χ4n) is 4.06. The minimum Gasteiger partial charge on any atom is -0.438 e. The van der Waals surface area contributed by atoms with E-state index in [1.165, 1.54) is 26.4 Å². The highest BCUT2D eigenvalue weighted by Gasteiger charge is 2.47. The number of carbonyl (C=O) groups excluding carboxylic acids is 1. The van der Waals surface area contributed by atoms with Crippen molar-refractivity contribution in [3.05, 3.63) is 0 Å². The minimum atomic E-state index is -0.505. The van der Waals surface area contributed by atoms with E-state index in [0.29, 0.717) is 11.8 Å². The van der Waals surface area contributed by atoms with Crippen LogP contribution in [0.4, 0.5) is 4.79 Å². The monoisotopic (exact) mass is 240 g/mol. The number of hydrogen-bond donors (Lipinski definition) is 0. The Bertz CT molecular complexity index is 285. The van der Waals surface area contributed by atoms with Crippen LogP contribution in [0.1, 0.15) is 52.4 Å². The number of carbonyl (C=O) groups is 1. The lowest BCUT2D eigenvalue weighted by Gasteiger charge is -2.49. The molecule has 0 radical (unpaired) electrons. The maximum Gasteiger partial charge on any atom is 0.508 e. The lowest BCUT2D eigenvalue weighted by atomic mass is 9.62. The number of ether oxygens (including phenoxy) is 2. The van der Waals surface area contributed by atoms with Gasteiger partial charge in [0.2, 0.25) is 0 Å². The molecule has 0 aliphatic heterocycles. The zero-order chi connectivity index (χ0) is 12.5. The molecule has 2 rings (SSSR count). The summed E-state index contributed by atoms with van der Waals surface area (Å²) in [6.07, 6.45) is 6.37. The molecular weight excluding hydrogens is 216 g/mol. The minimum absolute atomic E-state index is 0.228. The van der Waals surface area contributed by atoms with E-state index in [2.05, 4.69) is 18.6 Å². The van der Waals surface area contributed by atoms with Crippen LogP contribution in [-0.4, -0.2) is 18.9 Å². The summed E-state index contributed by atoms with van der Waals surface area (Å²) in [6.45, 7) is 4.51. The second-order valence-corrected chi connectivity index (χ2v) is 6.07. The Morgan fingerprint density at radius 1 is 1.29 bits per heavy atom. The van der Waals surface area contributed by atoms with Gasteiger partial charge in [0.05, 0.1) is 7.11 Å². The summed E-state index contributed by atoms with van der Waals surface area (Å²) in [7, 11) is 1.39. The molecule has 0 spiro atoms. The van der Waals surface area contributed by atoms with Crippen LogP contribution in [0.25, 0.3) is 0 Å². The third kappa shape index (κ3) is 2.75. The van der Waals surface area contributed by atoms with Gasteiger partial charge in [0.25, 0.3) is 0 Å². The Labute approximate surface area is 104 Å². The van der Waals surface area contributed by atoms with Crippen LogP contribution >= 0.6 is 0 Å². The SMILES string of the molecule is CCC1CC2CC(C)CC(OC(=O)OC)(C1)C2. The van der Waals surface area contributed by atoms with Crippen molar-refractivity contribution in [2.45, 2.75) is 58.0 Å². The largest absolute Gasteiger partial charge is 0.508 e. The van der Waals surface area contributed by atoms with Crippen molar-refractivity contribution >= 4 is 6.16 Å². The van der Waals surface area contributed by atoms with Gasteiger partial charge in [-0.15, -0.1) is 0 Å². The normalized spacial score (nSPS) is 40.8. The molecule has 3 nitrogen and oxygen atoms in total. The quantitative estimate of drug-likeness (QED) is 0.689. The molecule has 0 aromatic carbocycles. The summed E-state index contributed by atoms with van der Waals surface area (Å²) in [5.74, 6) is 2.12. The maximum absolute atomic E-state index is 11.4. The highest BCUT2D eigenvalue weighted by Crippen LogP contribution is 2.50. The Balaban J connectivity index is 2.12. The van der Waals surface area contributed by atoms with Crippen molar-refractivity contribution in [2.24, 2.45) is 17.8 Å². The second-order valence-electron chi connectivity index (χ2n) is 6.07. The van der Waals surface area contributed by atoms with Crippen LogP contribution in [0.3, 0.4) is 0 Å². The molecule has 0 saturated heterocycles. The number of methoxy groups -OCH3 is 1. The summed E-state index contributed by atoms with van der Waals surface area (Å²) in [5.41, 5.74) is -0.228. The van der Waals surface area contributed by atoms with Gasteiger partial charge in [-0.25, -0.2) is 4.79 Å². The average molecular weight is 240 g/mol. The smallest absolute Gasteiger partial charge is 0.438 e. The summed E-state index contributed by atoms with van der Waals surface area (Å²) >= 11 is 0. The van der Waals surface area contributed by atoms with Gasteiger partial charge in [-0.2, -0.15) is 0 Å². The summed E-state index contributed by atoms with van der Waals surface area (Å²) in [4.78, 5) is 11.4. The van der Waals surface area contributed by atoms with E-state index < -0.39 is 6.16 Å². The van der Waals surface area contributed by atoms with Crippen LogP contribution < -0.4 is 0 Å². The van der Waals surface area contributed by atoms with Gasteiger partial charge in [0, 0.05) is 0 Å². The molecule has 3 heteroatoms. The van der Waals surface area contributed by atoms with Crippen LogP contribution in [0.5, 0.6) is 0 Å². The van der Waals surface area contributed by atoms with Crippen molar-refractivity contribution in [3.8, 4) is 0 Å². The third-order valence-electron chi connectivity index (χ3n) is 4.49. The fraction of sp³-hybridized carbons (Fsp3) is 0.929. The van der Waals surface area contributed by atoms with Crippen molar-refractivity contribution in [1.82, 2.24) is 0 Å². The first kappa shape index (κ1) is 12.7. The molecule has 0 aromatic rings. The van der Waals surface area contributed by atoms with Crippen molar-refractivity contribution in [3.63, 3.8) is 0 Å². The highest BCUT2D eigenvalue weighted by atomic mass is 16.7. The van der Waals surface area contributed by atoms with Crippen molar-refractivity contribution in [1.29, 1.82) is 0 Å². The molecule has 17 heavy (non-hydrogen) atoms. The molecule has 4 atom stereocenters. The van der Waals surface area contributed by atoms with Gasteiger partial charge < -0.3 is 9.47 Å². The van der Waals surface area contributed by atoms with E-state index in [1.807, 2.05) is 0 Å². The van der Waals surface area contributed by atoms with Crippen LogP contribution in [0.15, 0.2) is 0 Å². The van der Waals surface area contributed by atoms with Crippen LogP contribution in [-0.2, 0) is 9.47 Å². The molecule has 2 fully saturated rings. The van der Waals surface area contributed by atoms with Crippen LogP contribution in [0, 0.1) is 17.8 Å².